The second-order valence-corrected chi connectivity index (χ2v) is 8.00. The number of hydrogen-bond acceptors (Lipinski definition) is 4. The fourth-order valence-electron chi connectivity index (χ4n) is 3.85. The molecule has 0 aliphatic carbocycles. The van der Waals surface area contributed by atoms with E-state index in [1.807, 2.05) is 12.1 Å². The lowest BCUT2D eigenvalue weighted by atomic mass is 10.1. The molecule has 0 radical (unpaired) electrons. The van der Waals surface area contributed by atoms with Gasteiger partial charge in [-0.3, -0.25) is 4.99 Å². The largest absolute Gasteiger partial charge is 0.433 e. The molecule has 1 fully saturated rings. The average Bonchev–Trinajstić information content (AvgIpc) is 3.25. The van der Waals surface area contributed by atoms with Gasteiger partial charge >= 0.3 is 6.61 Å². The maximum absolute atomic E-state index is 12.7. The Morgan fingerprint density at radius 1 is 1.21 bits per heavy atom. The van der Waals surface area contributed by atoms with Gasteiger partial charge < -0.3 is 25.2 Å². The number of benzene rings is 2. The summed E-state index contributed by atoms with van der Waals surface area (Å²) in [5.41, 5.74) is 3.17. The van der Waals surface area contributed by atoms with E-state index in [2.05, 4.69) is 68.4 Å². The van der Waals surface area contributed by atoms with Crippen LogP contribution in [0.15, 0.2) is 53.5 Å². The van der Waals surface area contributed by atoms with Crippen molar-refractivity contribution in [1.82, 2.24) is 15.5 Å². The maximum atomic E-state index is 12.7. The summed E-state index contributed by atoms with van der Waals surface area (Å²) in [5, 5.41) is 6.83. The van der Waals surface area contributed by atoms with E-state index in [9.17, 15) is 8.78 Å². The molecule has 1 atom stereocenters. The fourth-order valence-corrected chi connectivity index (χ4v) is 3.85. The van der Waals surface area contributed by atoms with E-state index in [-0.39, 0.29) is 35.8 Å². The van der Waals surface area contributed by atoms with Crippen molar-refractivity contribution in [2.75, 3.05) is 38.6 Å². The number of guanidine groups is 1. The quantitative estimate of drug-likeness (QED) is 0.266. The van der Waals surface area contributed by atoms with Gasteiger partial charge in [0.05, 0.1) is 5.69 Å². The van der Waals surface area contributed by atoms with Crippen LogP contribution in [-0.4, -0.2) is 57.2 Å². The van der Waals surface area contributed by atoms with Crippen molar-refractivity contribution >= 4 is 35.6 Å². The molecule has 0 bridgehead atoms. The van der Waals surface area contributed by atoms with E-state index in [0.717, 1.165) is 32.0 Å². The Balaban J connectivity index is 0.00000385. The van der Waals surface area contributed by atoms with Gasteiger partial charge in [0, 0.05) is 39.3 Å². The number of halogens is 3. The van der Waals surface area contributed by atoms with Gasteiger partial charge in [-0.15, -0.1) is 24.0 Å². The zero-order chi connectivity index (χ0) is 22.9. The van der Waals surface area contributed by atoms with Gasteiger partial charge in [0.2, 0.25) is 0 Å². The lowest BCUT2D eigenvalue weighted by Crippen LogP contribution is -2.44. The minimum atomic E-state index is -2.84. The van der Waals surface area contributed by atoms with Crippen molar-refractivity contribution in [2.45, 2.75) is 39.1 Å². The number of nitrogens with one attached hydrogen (secondary N) is 2. The van der Waals surface area contributed by atoms with Crippen LogP contribution in [0.1, 0.15) is 24.5 Å². The lowest BCUT2D eigenvalue weighted by Gasteiger charge is -2.22. The number of anilines is 1. The third-order valence-electron chi connectivity index (χ3n) is 5.62. The Bertz CT molecular complexity index is 899. The number of hydrogen-bond donors (Lipinski definition) is 2. The lowest BCUT2D eigenvalue weighted by molar-refractivity contribution is -0.0495. The van der Waals surface area contributed by atoms with Gasteiger partial charge in [0.15, 0.2) is 5.96 Å². The first-order valence-corrected chi connectivity index (χ1v) is 11.0. The monoisotopic (exact) mass is 573 g/mol. The standard InChI is InChI=1S/C24H33F2N5O.HI/c1-4-30(3)16-19-9-7-8-18(14-19)15-28-24(27-2)29-20-12-13-31(17-20)21-10-5-6-11-22(21)32-23(25)26;/h5-11,14,20,23H,4,12-13,15-17H2,1-3H3,(H2,27,28,29);1H. The molecule has 1 saturated heterocycles. The molecule has 0 aromatic heterocycles. The first-order valence-electron chi connectivity index (χ1n) is 11.0. The Hall–Kier alpha value is -2.14. The van der Waals surface area contributed by atoms with Crippen LogP contribution in [0, 0.1) is 0 Å². The van der Waals surface area contributed by atoms with E-state index in [0.29, 0.717) is 18.8 Å². The second-order valence-electron chi connectivity index (χ2n) is 8.00. The molecule has 2 aromatic carbocycles. The van der Waals surface area contributed by atoms with Crippen LogP contribution in [0.2, 0.25) is 0 Å². The third-order valence-corrected chi connectivity index (χ3v) is 5.62. The summed E-state index contributed by atoms with van der Waals surface area (Å²) in [7, 11) is 3.86. The fraction of sp³-hybridized carbons (Fsp3) is 0.458. The predicted molar refractivity (Wildman–Crippen MR) is 141 cm³/mol. The van der Waals surface area contributed by atoms with Gasteiger partial charge in [0.25, 0.3) is 0 Å². The van der Waals surface area contributed by atoms with E-state index in [1.165, 1.54) is 11.1 Å². The molecule has 3 rings (SSSR count). The number of rotatable bonds is 9. The molecule has 1 aliphatic heterocycles. The van der Waals surface area contributed by atoms with Crippen LogP contribution in [0.4, 0.5) is 14.5 Å². The van der Waals surface area contributed by atoms with Crippen molar-refractivity contribution in [3.05, 3.63) is 59.7 Å². The Morgan fingerprint density at radius 2 is 1.97 bits per heavy atom. The van der Waals surface area contributed by atoms with Crippen molar-refractivity contribution in [1.29, 1.82) is 0 Å². The number of ether oxygens (including phenoxy) is 1. The summed E-state index contributed by atoms with van der Waals surface area (Å²) in [6.07, 6.45) is 0.878. The molecule has 2 N–H and O–H groups in total. The summed E-state index contributed by atoms with van der Waals surface area (Å²) < 4.78 is 30.2. The van der Waals surface area contributed by atoms with Crippen molar-refractivity contribution in [3.8, 4) is 5.75 Å². The second kappa shape index (κ2) is 13.5. The highest BCUT2D eigenvalue weighted by molar-refractivity contribution is 14.0. The number of nitrogens with zero attached hydrogens (tertiary/aromatic N) is 3. The maximum Gasteiger partial charge on any atom is 0.387 e. The van der Waals surface area contributed by atoms with Crippen molar-refractivity contribution in [3.63, 3.8) is 0 Å². The van der Waals surface area contributed by atoms with Crippen LogP contribution in [0.5, 0.6) is 5.75 Å². The molecule has 1 aliphatic rings. The molecule has 182 valence electrons. The smallest absolute Gasteiger partial charge is 0.387 e. The minimum Gasteiger partial charge on any atom is -0.433 e. The Kier molecular flexibility index (Phi) is 11.1. The third kappa shape index (κ3) is 8.29. The summed E-state index contributed by atoms with van der Waals surface area (Å²) >= 11 is 0. The van der Waals surface area contributed by atoms with Crippen LogP contribution in [0.25, 0.3) is 0 Å². The zero-order valence-corrected chi connectivity index (χ0v) is 21.8. The minimum absolute atomic E-state index is 0. The van der Waals surface area contributed by atoms with E-state index >= 15 is 0 Å². The molecular weight excluding hydrogens is 539 g/mol. The highest BCUT2D eigenvalue weighted by Gasteiger charge is 2.26. The van der Waals surface area contributed by atoms with Crippen LogP contribution in [-0.2, 0) is 13.1 Å². The number of alkyl halides is 2. The molecule has 0 spiro atoms. The molecule has 1 unspecified atom stereocenters. The highest BCUT2D eigenvalue weighted by atomic mass is 127. The van der Waals surface area contributed by atoms with Crippen LogP contribution >= 0.6 is 24.0 Å². The predicted octanol–water partition coefficient (Wildman–Crippen LogP) is 4.30. The van der Waals surface area contributed by atoms with Gasteiger partial charge in [-0.25, -0.2) is 0 Å². The average molecular weight is 573 g/mol. The Labute approximate surface area is 212 Å². The summed E-state index contributed by atoms with van der Waals surface area (Å²) in [6.45, 7) is 3.36. The molecule has 1 heterocycles. The van der Waals surface area contributed by atoms with Gasteiger partial charge in [-0.1, -0.05) is 43.3 Å². The molecule has 0 saturated carbocycles. The van der Waals surface area contributed by atoms with Crippen molar-refractivity contribution < 1.29 is 13.5 Å². The van der Waals surface area contributed by atoms with Crippen LogP contribution < -0.4 is 20.3 Å². The van der Waals surface area contributed by atoms with E-state index in [1.54, 1.807) is 19.2 Å². The first-order chi connectivity index (χ1) is 15.5. The summed E-state index contributed by atoms with van der Waals surface area (Å²) in [6, 6.07) is 15.6. The van der Waals surface area contributed by atoms with Gasteiger partial charge in [-0.05, 0) is 43.3 Å². The molecule has 6 nitrogen and oxygen atoms in total. The molecule has 33 heavy (non-hydrogen) atoms. The Morgan fingerprint density at radius 3 is 2.70 bits per heavy atom. The van der Waals surface area contributed by atoms with Crippen molar-refractivity contribution in [2.24, 2.45) is 4.99 Å². The SMILES string of the molecule is CCN(C)Cc1cccc(CNC(=NC)NC2CCN(c3ccccc3OC(F)F)C2)c1.I. The van der Waals surface area contributed by atoms with Gasteiger partial charge in [0.1, 0.15) is 5.75 Å². The topological polar surface area (TPSA) is 52.1 Å². The van der Waals surface area contributed by atoms with Crippen LogP contribution in [0.3, 0.4) is 0 Å². The zero-order valence-electron chi connectivity index (χ0n) is 19.4. The first kappa shape index (κ1) is 27.1. The molecule has 0 amide bonds. The summed E-state index contributed by atoms with van der Waals surface area (Å²) in [5.74, 6) is 0.935. The molecular formula is C24H34F2IN5O. The number of para-hydroxylation sites is 2. The normalized spacial score (nSPS) is 16.2. The molecule has 2 aromatic rings. The van der Waals surface area contributed by atoms with E-state index < -0.39 is 6.61 Å². The molecule has 9 heteroatoms. The summed E-state index contributed by atoms with van der Waals surface area (Å²) in [4.78, 5) is 8.68. The number of aliphatic imine (C=N–C) groups is 1. The van der Waals surface area contributed by atoms with Gasteiger partial charge in [-0.2, -0.15) is 8.78 Å². The van der Waals surface area contributed by atoms with E-state index in [4.69, 9.17) is 0 Å². The highest BCUT2D eigenvalue weighted by Crippen LogP contribution is 2.31.